The van der Waals surface area contributed by atoms with E-state index in [1.807, 2.05) is 6.92 Å². The number of rotatable bonds is 6. The Morgan fingerprint density at radius 1 is 1.33 bits per heavy atom. The number of aryl methyl sites for hydroxylation is 1. The highest BCUT2D eigenvalue weighted by atomic mass is 19.1. The van der Waals surface area contributed by atoms with E-state index in [4.69, 9.17) is 0 Å². The average molecular weight is 251 g/mol. The summed E-state index contributed by atoms with van der Waals surface area (Å²) in [5.74, 6) is -0.662. The van der Waals surface area contributed by atoms with Crippen molar-refractivity contribution in [1.82, 2.24) is 5.32 Å². The van der Waals surface area contributed by atoms with Crippen LogP contribution in [0.15, 0.2) is 18.2 Å². The number of carbonyl (C=O) groups excluding carboxylic acids is 2. The zero-order valence-electron chi connectivity index (χ0n) is 10.8. The zero-order valence-corrected chi connectivity index (χ0v) is 10.8. The zero-order chi connectivity index (χ0) is 13.5. The Morgan fingerprint density at radius 3 is 2.67 bits per heavy atom. The molecule has 0 saturated heterocycles. The van der Waals surface area contributed by atoms with Crippen molar-refractivity contribution >= 4 is 11.7 Å². The molecule has 0 unspecified atom stereocenters. The van der Waals surface area contributed by atoms with Crippen LogP contribution in [0.25, 0.3) is 0 Å². The Morgan fingerprint density at radius 2 is 2.06 bits per heavy atom. The fourth-order valence-electron chi connectivity index (χ4n) is 1.52. The van der Waals surface area contributed by atoms with E-state index in [0.717, 1.165) is 12.8 Å². The first-order valence-corrected chi connectivity index (χ1v) is 6.10. The van der Waals surface area contributed by atoms with Gasteiger partial charge >= 0.3 is 0 Å². The first-order valence-electron chi connectivity index (χ1n) is 6.10. The maximum Gasteiger partial charge on any atom is 0.220 e. The molecule has 0 aliphatic carbocycles. The van der Waals surface area contributed by atoms with Crippen LogP contribution in [0.4, 0.5) is 4.39 Å². The molecule has 0 spiro atoms. The summed E-state index contributed by atoms with van der Waals surface area (Å²) in [5.41, 5.74) is 0.850. The number of Topliss-reactive ketones (excluding diaryl/α,β-unsaturated/α-hetero) is 1. The summed E-state index contributed by atoms with van der Waals surface area (Å²) < 4.78 is 13.0. The van der Waals surface area contributed by atoms with E-state index in [0.29, 0.717) is 17.5 Å². The lowest BCUT2D eigenvalue weighted by Crippen LogP contribution is -2.29. The third-order valence-corrected chi connectivity index (χ3v) is 2.68. The van der Waals surface area contributed by atoms with Gasteiger partial charge in [0, 0.05) is 12.0 Å². The number of ketones is 1. The molecule has 1 rings (SSSR count). The number of nitrogens with one attached hydrogen (secondary N) is 1. The highest BCUT2D eigenvalue weighted by Crippen LogP contribution is 2.09. The first-order chi connectivity index (χ1) is 8.54. The molecule has 0 radical (unpaired) electrons. The van der Waals surface area contributed by atoms with Crippen LogP contribution in [0, 0.1) is 12.7 Å². The van der Waals surface area contributed by atoms with Crippen LogP contribution >= 0.6 is 0 Å². The minimum absolute atomic E-state index is 0.0341. The van der Waals surface area contributed by atoms with Crippen LogP contribution in [0.2, 0.25) is 0 Å². The molecule has 1 N–H and O–H groups in total. The molecule has 1 aromatic carbocycles. The van der Waals surface area contributed by atoms with Gasteiger partial charge in [0.1, 0.15) is 5.82 Å². The predicted molar refractivity (Wildman–Crippen MR) is 68.0 cm³/mol. The molecule has 1 amide bonds. The number of hydrogen-bond acceptors (Lipinski definition) is 2. The molecule has 0 aromatic heterocycles. The molecule has 1 aromatic rings. The largest absolute Gasteiger partial charge is 0.349 e. The van der Waals surface area contributed by atoms with E-state index < -0.39 is 0 Å². The molecule has 0 saturated carbocycles. The molecular weight excluding hydrogens is 233 g/mol. The standard InChI is InChI=1S/C14H18FNO2/c1-3-4-5-14(18)16-9-13(17)11-6-7-12(15)10(2)8-11/h6-8H,3-5,9H2,1-2H3,(H,16,18). The minimum atomic E-state index is -0.335. The fourth-order valence-corrected chi connectivity index (χ4v) is 1.52. The monoisotopic (exact) mass is 251 g/mol. The van der Waals surface area contributed by atoms with Crippen molar-refractivity contribution in [3.05, 3.63) is 35.1 Å². The lowest BCUT2D eigenvalue weighted by molar-refractivity contribution is -0.121. The molecule has 0 bridgehead atoms. The SMILES string of the molecule is CCCCC(=O)NCC(=O)c1ccc(F)c(C)c1. The highest BCUT2D eigenvalue weighted by Gasteiger charge is 2.09. The van der Waals surface area contributed by atoms with Gasteiger partial charge in [-0.3, -0.25) is 9.59 Å². The average Bonchev–Trinajstić information content (AvgIpc) is 2.36. The van der Waals surface area contributed by atoms with Gasteiger partial charge in [0.25, 0.3) is 0 Å². The Kier molecular flexibility index (Phi) is 5.49. The predicted octanol–water partition coefficient (Wildman–Crippen LogP) is 2.62. The van der Waals surface area contributed by atoms with Gasteiger partial charge in [0.15, 0.2) is 5.78 Å². The summed E-state index contributed by atoms with van der Waals surface area (Å²) in [5, 5.41) is 2.57. The van der Waals surface area contributed by atoms with Crippen LogP contribution in [-0.4, -0.2) is 18.2 Å². The van der Waals surface area contributed by atoms with E-state index in [2.05, 4.69) is 5.32 Å². The normalized spacial score (nSPS) is 10.2. The van der Waals surface area contributed by atoms with Crippen molar-refractivity contribution in [2.24, 2.45) is 0 Å². The molecule has 0 atom stereocenters. The van der Waals surface area contributed by atoms with Gasteiger partial charge < -0.3 is 5.32 Å². The molecule has 0 fully saturated rings. The number of halogens is 1. The Labute approximate surface area is 106 Å². The van der Waals surface area contributed by atoms with E-state index in [1.165, 1.54) is 18.2 Å². The van der Waals surface area contributed by atoms with Crippen molar-refractivity contribution < 1.29 is 14.0 Å². The lowest BCUT2D eigenvalue weighted by Gasteiger charge is -2.05. The van der Waals surface area contributed by atoms with E-state index in [1.54, 1.807) is 6.92 Å². The molecule has 3 nitrogen and oxygen atoms in total. The van der Waals surface area contributed by atoms with Gasteiger partial charge in [0.05, 0.1) is 6.54 Å². The molecule has 4 heteroatoms. The van der Waals surface area contributed by atoms with Gasteiger partial charge in [-0.05, 0) is 37.1 Å². The van der Waals surface area contributed by atoms with E-state index in [-0.39, 0.29) is 24.1 Å². The summed E-state index contributed by atoms with van der Waals surface area (Å²) in [6.07, 6.45) is 2.19. The summed E-state index contributed by atoms with van der Waals surface area (Å²) in [7, 11) is 0. The first kappa shape index (κ1) is 14.4. The third-order valence-electron chi connectivity index (χ3n) is 2.68. The summed E-state index contributed by atoms with van der Waals surface area (Å²) in [6.45, 7) is 3.57. The summed E-state index contributed by atoms with van der Waals surface area (Å²) >= 11 is 0. The molecular formula is C14H18FNO2. The second kappa shape index (κ2) is 6.89. The molecule has 0 heterocycles. The minimum Gasteiger partial charge on any atom is -0.349 e. The molecule has 0 aliphatic rings. The molecule has 98 valence electrons. The Balaban J connectivity index is 2.50. The second-order valence-electron chi connectivity index (χ2n) is 4.27. The van der Waals surface area contributed by atoms with Crippen LogP contribution in [-0.2, 0) is 4.79 Å². The number of benzene rings is 1. The number of unbranched alkanes of at least 4 members (excludes halogenated alkanes) is 1. The number of hydrogen-bond donors (Lipinski definition) is 1. The maximum absolute atomic E-state index is 13.0. The van der Waals surface area contributed by atoms with Crippen LogP contribution < -0.4 is 5.32 Å². The van der Waals surface area contributed by atoms with Crippen molar-refractivity contribution in [2.45, 2.75) is 33.1 Å². The van der Waals surface area contributed by atoms with Crippen LogP contribution in [0.1, 0.15) is 42.1 Å². The van der Waals surface area contributed by atoms with Crippen molar-refractivity contribution in [3.8, 4) is 0 Å². The molecule has 18 heavy (non-hydrogen) atoms. The maximum atomic E-state index is 13.0. The van der Waals surface area contributed by atoms with E-state index in [9.17, 15) is 14.0 Å². The Bertz CT molecular complexity index is 443. The van der Waals surface area contributed by atoms with Crippen molar-refractivity contribution in [1.29, 1.82) is 0 Å². The van der Waals surface area contributed by atoms with Crippen LogP contribution in [0.5, 0.6) is 0 Å². The smallest absolute Gasteiger partial charge is 0.220 e. The van der Waals surface area contributed by atoms with Gasteiger partial charge in [-0.15, -0.1) is 0 Å². The van der Waals surface area contributed by atoms with E-state index >= 15 is 0 Å². The van der Waals surface area contributed by atoms with Gasteiger partial charge in [-0.2, -0.15) is 0 Å². The third kappa shape index (κ3) is 4.28. The summed E-state index contributed by atoms with van der Waals surface area (Å²) in [6, 6.07) is 4.19. The van der Waals surface area contributed by atoms with Crippen molar-refractivity contribution in [3.63, 3.8) is 0 Å². The number of amides is 1. The molecule has 0 aliphatic heterocycles. The van der Waals surface area contributed by atoms with Gasteiger partial charge in [-0.25, -0.2) is 4.39 Å². The van der Waals surface area contributed by atoms with Gasteiger partial charge in [0.2, 0.25) is 5.91 Å². The van der Waals surface area contributed by atoms with Crippen LogP contribution in [0.3, 0.4) is 0 Å². The highest BCUT2D eigenvalue weighted by molar-refractivity contribution is 5.99. The topological polar surface area (TPSA) is 46.2 Å². The van der Waals surface area contributed by atoms with Gasteiger partial charge in [-0.1, -0.05) is 13.3 Å². The fraction of sp³-hybridized carbons (Fsp3) is 0.429. The number of carbonyl (C=O) groups is 2. The van der Waals surface area contributed by atoms with Crippen molar-refractivity contribution in [2.75, 3.05) is 6.54 Å². The lowest BCUT2D eigenvalue weighted by atomic mass is 10.1. The Hall–Kier alpha value is -1.71. The quantitative estimate of drug-likeness (QED) is 0.790. The summed E-state index contributed by atoms with van der Waals surface area (Å²) in [4.78, 5) is 23.1. The second-order valence-corrected chi connectivity index (χ2v) is 4.27.